The van der Waals surface area contributed by atoms with Crippen LogP contribution < -0.4 is 0 Å². The molecule has 0 aliphatic carbocycles. The summed E-state index contributed by atoms with van der Waals surface area (Å²) >= 11 is 0. The molecule has 0 unspecified atom stereocenters. The fraction of sp³-hybridized carbons (Fsp3) is 0.286. The maximum atomic E-state index is 4.48. The molecule has 0 saturated carbocycles. The number of aromatic nitrogens is 2. The van der Waals surface area contributed by atoms with Gasteiger partial charge in [-0.15, -0.1) is 0 Å². The van der Waals surface area contributed by atoms with Gasteiger partial charge in [-0.25, -0.2) is 4.98 Å². The van der Waals surface area contributed by atoms with E-state index in [1.807, 2.05) is 64.2 Å². The van der Waals surface area contributed by atoms with Gasteiger partial charge in [0.1, 0.15) is 0 Å². The standard InChI is InChI=1S/C12H12N2.C2H6/c1-9-10(2)14-12(8-13-9)11-6-4-3-5-7-11;1-2/h3-8H,1-2H3;1-2H3. The second-order valence-corrected chi connectivity index (χ2v) is 3.29. The Bertz CT molecular complexity index is 436. The van der Waals surface area contributed by atoms with Gasteiger partial charge in [-0.3, -0.25) is 4.98 Å². The van der Waals surface area contributed by atoms with E-state index in [0.717, 1.165) is 22.6 Å². The molecule has 0 radical (unpaired) electrons. The molecule has 2 aromatic rings. The molecule has 0 N–H and O–H groups in total. The first-order valence-electron chi connectivity index (χ1n) is 5.63. The smallest absolute Gasteiger partial charge is 0.0888 e. The molecule has 0 saturated heterocycles. The van der Waals surface area contributed by atoms with Gasteiger partial charge in [0.25, 0.3) is 0 Å². The van der Waals surface area contributed by atoms with Crippen LogP contribution in [-0.2, 0) is 0 Å². The fourth-order valence-corrected chi connectivity index (χ4v) is 1.29. The van der Waals surface area contributed by atoms with Crippen molar-refractivity contribution >= 4 is 0 Å². The lowest BCUT2D eigenvalue weighted by atomic mass is 10.1. The number of hydrogen-bond acceptors (Lipinski definition) is 2. The summed E-state index contributed by atoms with van der Waals surface area (Å²) in [5.41, 5.74) is 4.04. The second-order valence-electron chi connectivity index (χ2n) is 3.29. The fourth-order valence-electron chi connectivity index (χ4n) is 1.29. The zero-order chi connectivity index (χ0) is 12.0. The van der Waals surface area contributed by atoms with Crippen molar-refractivity contribution in [1.29, 1.82) is 0 Å². The van der Waals surface area contributed by atoms with E-state index < -0.39 is 0 Å². The third kappa shape index (κ3) is 2.89. The largest absolute Gasteiger partial charge is 0.257 e. The van der Waals surface area contributed by atoms with Crippen LogP contribution in [0.1, 0.15) is 25.2 Å². The van der Waals surface area contributed by atoms with Crippen molar-refractivity contribution in [2.75, 3.05) is 0 Å². The van der Waals surface area contributed by atoms with Crippen LogP contribution in [0.25, 0.3) is 11.3 Å². The van der Waals surface area contributed by atoms with Gasteiger partial charge in [-0.2, -0.15) is 0 Å². The number of aryl methyl sites for hydroxylation is 2. The molecule has 2 heteroatoms. The van der Waals surface area contributed by atoms with Crippen molar-refractivity contribution in [3.05, 3.63) is 47.9 Å². The van der Waals surface area contributed by atoms with Gasteiger partial charge in [0.05, 0.1) is 23.3 Å². The zero-order valence-corrected chi connectivity index (χ0v) is 10.4. The summed E-state index contributed by atoms with van der Waals surface area (Å²) in [6.45, 7) is 7.95. The van der Waals surface area contributed by atoms with E-state index in [-0.39, 0.29) is 0 Å². The quantitative estimate of drug-likeness (QED) is 0.721. The lowest BCUT2D eigenvalue weighted by Crippen LogP contribution is -1.93. The Morgan fingerprint density at radius 1 is 0.875 bits per heavy atom. The Labute approximate surface area is 97.4 Å². The molecule has 1 heterocycles. The summed E-state index contributed by atoms with van der Waals surface area (Å²) < 4.78 is 0. The zero-order valence-electron chi connectivity index (χ0n) is 10.4. The summed E-state index contributed by atoms with van der Waals surface area (Å²) in [5, 5.41) is 0. The molecule has 2 rings (SSSR count). The van der Waals surface area contributed by atoms with E-state index >= 15 is 0 Å². The maximum absolute atomic E-state index is 4.48. The maximum Gasteiger partial charge on any atom is 0.0888 e. The van der Waals surface area contributed by atoms with Gasteiger partial charge in [-0.05, 0) is 13.8 Å². The first kappa shape index (κ1) is 12.4. The number of benzene rings is 1. The lowest BCUT2D eigenvalue weighted by Gasteiger charge is -2.02. The van der Waals surface area contributed by atoms with Crippen molar-refractivity contribution in [1.82, 2.24) is 9.97 Å². The SMILES string of the molecule is CC.Cc1ncc(-c2ccccc2)nc1C. The van der Waals surface area contributed by atoms with Crippen LogP contribution in [0.5, 0.6) is 0 Å². The third-order valence-corrected chi connectivity index (χ3v) is 2.26. The highest BCUT2D eigenvalue weighted by atomic mass is 14.8. The molecule has 84 valence electrons. The van der Waals surface area contributed by atoms with Crippen molar-refractivity contribution < 1.29 is 0 Å². The van der Waals surface area contributed by atoms with Gasteiger partial charge in [0.15, 0.2) is 0 Å². The molecule has 2 nitrogen and oxygen atoms in total. The topological polar surface area (TPSA) is 25.8 Å². The molecular weight excluding hydrogens is 196 g/mol. The van der Waals surface area contributed by atoms with E-state index in [9.17, 15) is 0 Å². The van der Waals surface area contributed by atoms with E-state index in [1.54, 1.807) is 0 Å². The minimum absolute atomic E-state index is 0.939. The van der Waals surface area contributed by atoms with Crippen LogP contribution in [-0.4, -0.2) is 9.97 Å². The number of nitrogens with zero attached hydrogens (tertiary/aromatic N) is 2. The molecule has 0 atom stereocenters. The van der Waals surface area contributed by atoms with Crippen LogP contribution >= 0.6 is 0 Å². The van der Waals surface area contributed by atoms with Crippen molar-refractivity contribution in [3.8, 4) is 11.3 Å². The molecule has 1 aromatic heterocycles. The van der Waals surface area contributed by atoms with Gasteiger partial charge in [0, 0.05) is 5.56 Å². The Hall–Kier alpha value is -1.70. The second kappa shape index (κ2) is 6.01. The summed E-state index contributed by atoms with van der Waals surface area (Å²) in [6.07, 6.45) is 1.82. The van der Waals surface area contributed by atoms with E-state index in [2.05, 4.69) is 9.97 Å². The summed E-state index contributed by atoms with van der Waals surface area (Å²) in [5.74, 6) is 0. The van der Waals surface area contributed by atoms with E-state index in [1.165, 1.54) is 0 Å². The van der Waals surface area contributed by atoms with E-state index in [0.29, 0.717) is 0 Å². The van der Waals surface area contributed by atoms with Crippen LogP contribution in [0, 0.1) is 13.8 Å². The molecule has 1 aromatic carbocycles. The highest BCUT2D eigenvalue weighted by Gasteiger charge is 2.00. The molecular formula is C14H18N2. The van der Waals surface area contributed by atoms with Crippen molar-refractivity contribution in [2.45, 2.75) is 27.7 Å². The highest BCUT2D eigenvalue weighted by molar-refractivity contribution is 5.57. The van der Waals surface area contributed by atoms with E-state index in [4.69, 9.17) is 0 Å². The lowest BCUT2D eigenvalue weighted by molar-refractivity contribution is 1.05. The average Bonchev–Trinajstić information content (AvgIpc) is 2.36. The molecule has 0 spiro atoms. The number of rotatable bonds is 1. The first-order valence-corrected chi connectivity index (χ1v) is 5.63. The van der Waals surface area contributed by atoms with Gasteiger partial charge < -0.3 is 0 Å². The molecule has 0 fully saturated rings. The van der Waals surface area contributed by atoms with Crippen LogP contribution in [0.3, 0.4) is 0 Å². The molecule has 0 amide bonds. The molecule has 0 bridgehead atoms. The predicted octanol–water partition coefficient (Wildman–Crippen LogP) is 3.79. The monoisotopic (exact) mass is 214 g/mol. The summed E-state index contributed by atoms with van der Waals surface area (Å²) in [4.78, 5) is 8.77. The average molecular weight is 214 g/mol. The minimum atomic E-state index is 0.939. The Kier molecular flexibility index (Phi) is 4.65. The van der Waals surface area contributed by atoms with Crippen LogP contribution in [0.4, 0.5) is 0 Å². The summed E-state index contributed by atoms with van der Waals surface area (Å²) in [7, 11) is 0. The van der Waals surface area contributed by atoms with Crippen molar-refractivity contribution in [3.63, 3.8) is 0 Å². The first-order chi connectivity index (χ1) is 7.77. The van der Waals surface area contributed by atoms with Gasteiger partial charge in [-0.1, -0.05) is 44.2 Å². The number of hydrogen-bond donors (Lipinski definition) is 0. The summed E-state index contributed by atoms with van der Waals surface area (Å²) in [6, 6.07) is 10.1. The Morgan fingerprint density at radius 3 is 2.06 bits per heavy atom. The molecule has 0 aliphatic heterocycles. The highest BCUT2D eigenvalue weighted by Crippen LogP contribution is 2.15. The van der Waals surface area contributed by atoms with Gasteiger partial charge in [0.2, 0.25) is 0 Å². The Balaban J connectivity index is 0.000000606. The molecule has 16 heavy (non-hydrogen) atoms. The minimum Gasteiger partial charge on any atom is -0.257 e. The van der Waals surface area contributed by atoms with Crippen LogP contribution in [0.15, 0.2) is 36.5 Å². The Morgan fingerprint density at radius 2 is 1.50 bits per heavy atom. The predicted molar refractivity (Wildman–Crippen MR) is 68.3 cm³/mol. The third-order valence-electron chi connectivity index (χ3n) is 2.26. The van der Waals surface area contributed by atoms with Crippen molar-refractivity contribution in [2.24, 2.45) is 0 Å². The van der Waals surface area contributed by atoms with Crippen LogP contribution in [0.2, 0.25) is 0 Å². The normalized spacial score (nSPS) is 9.25. The van der Waals surface area contributed by atoms with Gasteiger partial charge >= 0.3 is 0 Å². The molecule has 0 aliphatic rings.